The van der Waals surface area contributed by atoms with Crippen LogP contribution in [-0.2, 0) is 58.7 Å². The number of aromatic nitrogens is 1. The summed E-state index contributed by atoms with van der Waals surface area (Å²) in [5.74, 6) is -3.98. The minimum atomic E-state index is -1.43. The first-order valence-electron chi connectivity index (χ1n) is 27.0. The number of carbonyl (C=O) groups is 4. The van der Waals surface area contributed by atoms with Crippen molar-refractivity contribution in [3.8, 4) is 11.5 Å². The van der Waals surface area contributed by atoms with Crippen LogP contribution in [0.3, 0.4) is 0 Å². The highest BCUT2D eigenvalue weighted by Crippen LogP contribution is 2.50. The number of cyclic esters (lactones) is 1. The fourth-order valence-electron chi connectivity index (χ4n) is 12.4. The Bertz CT molecular complexity index is 2290. The second kappa shape index (κ2) is 25.9. The van der Waals surface area contributed by atoms with Gasteiger partial charge in [0.2, 0.25) is 0 Å². The topological polar surface area (TPSA) is 209 Å². The molecule has 5 heterocycles. The smallest absolute Gasteiger partial charge is 0.320 e. The number of pyridine rings is 1. The molecule has 0 spiro atoms. The van der Waals surface area contributed by atoms with Gasteiger partial charge in [0.1, 0.15) is 23.2 Å². The number of esters is 2. The summed E-state index contributed by atoms with van der Waals surface area (Å²) in [5.41, 5.74) is -2.03. The molecule has 5 unspecified atom stereocenters. The molecular weight excluding hydrogens is 999 g/mol. The summed E-state index contributed by atoms with van der Waals surface area (Å²) in [5, 5.41) is 13.3. The molecule has 4 saturated heterocycles. The molecule has 0 bridgehead atoms. The lowest BCUT2D eigenvalue weighted by Crippen LogP contribution is -2.59. The van der Waals surface area contributed by atoms with Crippen molar-refractivity contribution >= 4 is 41.1 Å². The number of Topliss-reactive ketones (excluding diaryl/α,β-unsaturated/α-hetero) is 1. The molecule has 0 saturated carbocycles. The number of rotatable bonds is 17. The number of hydrogen-bond acceptors (Lipinski definition) is 18. The summed E-state index contributed by atoms with van der Waals surface area (Å²) in [6.07, 6.45) is -0.0820. The zero-order chi connectivity index (χ0) is 56.0. The Morgan fingerprint density at radius 2 is 1.54 bits per heavy atom. The van der Waals surface area contributed by atoms with Crippen LogP contribution in [0.4, 0.5) is 5.69 Å². The summed E-state index contributed by atoms with van der Waals surface area (Å²) in [6.45, 7) is 18.6. The molecule has 6 rings (SSSR count). The summed E-state index contributed by atoms with van der Waals surface area (Å²) in [4.78, 5) is 64.9. The van der Waals surface area contributed by atoms with Crippen LogP contribution in [-0.4, -0.2) is 164 Å². The second-order valence-electron chi connectivity index (χ2n) is 22.4. The lowest BCUT2D eigenvalue weighted by atomic mass is 9.70. The zero-order valence-corrected chi connectivity index (χ0v) is 48.6. The normalized spacial score (nSPS) is 37.7. The van der Waals surface area contributed by atoms with Crippen molar-refractivity contribution < 1.29 is 71.7 Å². The fourth-order valence-corrected chi connectivity index (χ4v) is 13.9. The van der Waals surface area contributed by atoms with Gasteiger partial charge in [-0.3, -0.25) is 24.2 Å². The van der Waals surface area contributed by atoms with E-state index in [1.54, 1.807) is 71.5 Å². The highest BCUT2D eigenvalue weighted by molar-refractivity contribution is 8.00. The van der Waals surface area contributed by atoms with Crippen molar-refractivity contribution in [1.29, 1.82) is 0 Å². The maximum Gasteiger partial charge on any atom is 0.320 e. The molecule has 1 aromatic carbocycles. The number of benzene rings is 1. The molecule has 76 heavy (non-hydrogen) atoms. The molecule has 4 aliphatic heterocycles. The first-order valence-corrected chi connectivity index (χ1v) is 28.1. The average Bonchev–Trinajstić information content (AvgIpc) is 3.66. The van der Waals surface area contributed by atoms with Crippen LogP contribution >= 0.6 is 11.8 Å². The molecule has 2 aromatic rings. The van der Waals surface area contributed by atoms with E-state index in [-0.39, 0.29) is 43.1 Å². The zero-order valence-electron chi connectivity index (χ0n) is 47.7. The first kappa shape index (κ1) is 61.3. The predicted molar refractivity (Wildman–Crippen MR) is 287 cm³/mol. The van der Waals surface area contributed by atoms with Gasteiger partial charge in [-0.25, -0.2) is 0 Å². The number of ketones is 1. The number of aliphatic hydroxyl groups excluding tert-OH is 1. The number of nitrogens with one attached hydrogen (secondary N) is 1. The Morgan fingerprint density at radius 3 is 2.16 bits per heavy atom. The number of nitrogens with zero attached hydrogens (tertiary/aromatic N) is 2. The average molecular weight is 1090 g/mol. The first-order chi connectivity index (χ1) is 35.9. The Morgan fingerprint density at radius 1 is 0.855 bits per heavy atom. The third kappa shape index (κ3) is 13.2. The number of anilines is 1. The second-order valence-corrected chi connectivity index (χ2v) is 23.6. The van der Waals surface area contributed by atoms with E-state index in [1.165, 1.54) is 33.1 Å². The van der Waals surface area contributed by atoms with E-state index >= 15 is 9.59 Å². The van der Waals surface area contributed by atoms with Crippen LogP contribution in [0, 0.1) is 29.6 Å². The molecule has 18 nitrogen and oxygen atoms in total. The highest BCUT2D eigenvalue weighted by atomic mass is 32.2. The van der Waals surface area contributed by atoms with Gasteiger partial charge in [-0.2, -0.15) is 0 Å². The summed E-state index contributed by atoms with van der Waals surface area (Å²) >= 11 is 1.38. The van der Waals surface area contributed by atoms with Gasteiger partial charge in [-0.1, -0.05) is 27.7 Å². The van der Waals surface area contributed by atoms with Gasteiger partial charge in [0.25, 0.3) is 5.91 Å². The van der Waals surface area contributed by atoms with Crippen LogP contribution < -0.4 is 14.8 Å². The monoisotopic (exact) mass is 1090 g/mol. The van der Waals surface area contributed by atoms with E-state index in [2.05, 4.69) is 15.2 Å². The number of amides is 1. The fraction of sp³-hybridized carbons (Fsp3) is 0.737. The van der Waals surface area contributed by atoms with Gasteiger partial charge >= 0.3 is 11.9 Å². The highest BCUT2D eigenvalue weighted by Gasteiger charge is 2.62. The number of thioether (sulfide) groups is 1. The van der Waals surface area contributed by atoms with E-state index in [1.807, 2.05) is 55.6 Å². The lowest BCUT2D eigenvalue weighted by Gasteiger charge is -2.49. The Kier molecular flexibility index (Phi) is 20.9. The van der Waals surface area contributed by atoms with Gasteiger partial charge in [0.15, 0.2) is 29.7 Å². The van der Waals surface area contributed by atoms with E-state index in [0.717, 1.165) is 6.42 Å². The van der Waals surface area contributed by atoms with Crippen molar-refractivity contribution in [1.82, 2.24) is 9.88 Å². The third-order valence-electron chi connectivity index (χ3n) is 16.9. The molecule has 0 radical (unpaired) electrons. The van der Waals surface area contributed by atoms with Crippen molar-refractivity contribution in [2.45, 2.75) is 191 Å². The largest absolute Gasteiger partial charge is 0.493 e. The minimum Gasteiger partial charge on any atom is -0.493 e. The van der Waals surface area contributed by atoms with Gasteiger partial charge in [-0.15, -0.1) is 11.8 Å². The van der Waals surface area contributed by atoms with E-state index in [9.17, 15) is 14.7 Å². The maximum absolute atomic E-state index is 15.3. The molecule has 1 amide bonds. The van der Waals surface area contributed by atoms with Crippen LogP contribution in [0.5, 0.6) is 11.5 Å². The quantitative estimate of drug-likeness (QED) is 0.115. The molecule has 19 heteroatoms. The van der Waals surface area contributed by atoms with Crippen molar-refractivity contribution in [2.75, 3.05) is 53.6 Å². The van der Waals surface area contributed by atoms with Gasteiger partial charge in [-0.05, 0) is 118 Å². The van der Waals surface area contributed by atoms with E-state index in [4.69, 9.17) is 47.4 Å². The number of fused-ring (bicyclic) bond motifs is 1. The van der Waals surface area contributed by atoms with Crippen LogP contribution in [0.1, 0.15) is 124 Å². The van der Waals surface area contributed by atoms with Crippen molar-refractivity contribution in [3.05, 3.63) is 47.8 Å². The van der Waals surface area contributed by atoms with Crippen LogP contribution in [0.2, 0.25) is 0 Å². The molecule has 2 N–H and O–H groups in total. The number of hydrogen-bond donors (Lipinski definition) is 2. The maximum atomic E-state index is 15.3. The molecule has 0 aliphatic carbocycles. The Labute approximate surface area is 454 Å². The van der Waals surface area contributed by atoms with Crippen LogP contribution in [0.25, 0.3) is 0 Å². The van der Waals surface area contributed by atoms with Crippen molar-refractivity contribution in [2.24, 2.45) is 29.6 Å². The predicted octanol–water partition coefficient (Wildman–Crippen LogP) is 7.69. The number of methoxy groups -OCH3 is 4. The SMILES string of the molecule is CC[C@H]1OC(=O)C(C)[C@@H](O[C@H]2C[C@@](C)(OC)[C@@H](O)C(C)O2)[C@H](C)[C@@H](OC2CC(N(C)C)C[C@@H](C)O2)C(C)(OC)C[C@@H](C)C(=O)[C@H](C)[C@H]2[C@H](SCCCc3c(C(=O)Nc4ccncc4)ccc(OC)c3OC)C(=O)O[C@@]21C. The number of carbonyl (C=O) groups excluding carboxylic acids is 4. The molecule has 4 aliphatic rings. The standard InChI is InChI=1S/C57H87N3O15S/c1-17-42-57(10)45(49(54(65)75-57)76-26-18-19-39-40(20-21-41(66-13)48(39)67-14)52(63)59-37-22-24-58-25-23-37)33(4)46(61)31(2)29-56(9,69-16)51(74-43-28-38(60(11)12)27-32(3)70-43)34(5)47(35(6)53(64)72-42)73-44-30-55(8,68-15)50(62)36(7)71-44/h20-25,31-36,38,42-45,47,49-51,62H,17-19,26-30H2,1-16H3,(H,58,59,63)/t31-,32-,33-,34+,35?,36?,38?,42-,43?,44+,45+,47+,49+,50+,51-,55-,56?,57-/m1/s1. The van der Waals surface area contributed by atoms with Gasteiger partial charge < -0.3 is 62.7 Å². The number of aliphatic hydroxyl groups is 1. The molecule has 18 atom stereocenters. The molecular formula is C57H87N3O15S. The van der Waals surface area contributed by atoms with Crippen molar-refractivity contribution in [3.63, 3.8) is 0 Å². The van der Waals surface area contributed by atoms with Crippen LogP contribution in [0.15, 0.2) is 36.7 Å². The summed E-state index contributed by atoms with van der Waals surface area (Å²) < 4.78 is 63.9. The molecule has 1 aromatic heterocycles. The summed E-state index contributed by atoms with van der Waals surface area (Å²) in [7, 11) is 10.3. The van der Waals surface area contributed by atoms with E-state index < -0.39 is 107 Å². The Hall–Kier alpha value is -3.92. The lowest BCUT2D eigenvalue weighted by molar-refractivity contribution is -0.309. The minimum absolute atomic E-state index is 0.114. The van der Waals surface area contributed by atoms with Gasteiger partial charge in [0.05, 0.1) is 55.8 Å². The Balaban J connectivity index is 1.36. The molecule has 4 fully saturated rings. The summed E-state index contributed by atoms with van der Waals surface area (Å²) in [6, 6.07) is 6.95. The third-order valence-corrected chi connectivity index (χ3v) is 18.3. The molecule has 426 valence electrons. The number of ether oxygens (including phenoxy) is 10. The van der Waals surface area contributed by atoms with Gasteiger partial charge in [0, 0.05) is 86.0 Å². The van der Waals surface area contributed by atoms with E-state index in [0.29, 0.717) is 53.3 Å².